The molecule has 16 heavy (non-hydrogen) atoms. The molecule has 0 saturated heterocycles. The summed E-state index contributed by atoms with van der Waals surface area (Å²) < 4.78 is 0. The average molecular weight is 264 g/mol. The molecule has 88 valence electrons. The summed E-state index contributed by atoms with van der Waals surface area (Å²) in [5, 5.41) is 16.1. The number of aromatic nitrogens is 2. The maximum atomic E-state index is 8.44. The number of nitrogens with zero attached hydrogens (tertiary/aromatic N) is 2. The van der Waals surface area contributed by atoms with Crippen LogP contribution in [0.5, 0.6) is 0 Å². The van der Waals surface area contributed by atoms with Gasteiger partial charge in [-0.25, -0.2) is 10.5 Å². The van der Waals surface area contributed by atoms with E-state index in [0.29, 0.717) is 5.69 Å². The number of guanidine groups is 1. The van der Waals surface area contributed by atoms with E-state index in [2.05, 4.69) is 15.2 Å². The van der Waals surface area contributed by atoms with Gasteiger partial charge in [-0.3, -0.25) is 10.3 Å². The van der Waals surface area contributed by atoms with Gasteiger partial charge in [0.05, 0.1) is 17.4 Å². The van der Waals surface area contributed by atoms with E-state index in [0.717, 1.165) is 10.9 Å². The average Bonchev–Trinajstić information content (AvgIpc) is 2.64. The molecule has 5 N–H and O–H groups in total. The Bertz CT molecular complexity index is 484. The molecule has 0 bridgehead atoms. The molecule has 0 amide bonds. The van der Waals surface area contributed by atoms with Crippen LogP contribution >= 0.6 is 24.8 Å². The lowest BCUT2D eigenvalue weighted by Gasteiger charge is -1.97. The van der Waals surface area contributed by atoms with Crippen molar-refractivity contribution in [3.05, 3.63) is 24.4 Å². The van der Waals surface area contributed by atoms with Crippen molar-refractivity contribution in [1.29, 1.82) is 0 Å². The number of H-pyrrole nitrogens is 1. The van der Waals surface area contributed by atoms with E-state index in [1.165, 1.54) is 0 Å². The maximum Gasteiger partial charge on any atom is 0.218 e. The highest BCUT2D eigenvalue weighted by atomic mass is 35.5. The summed E-state index contributed by atoms with van der Waals surface area (Å²) in [6.45, 7) is 0. The quantitative estimate of drug-likeness (QED) is 0.354. The monoisotopic (exact) mass is 263 g/mol. The zero-order valence-corrected chi connectivity index (χ0v) is 9.68. The summed E-state index contributed by atoms with van der Waals surface area (Å²) in [7, 11) is 0. The van der Waals surface area contributed by atoms with Crippen LogP contribution in [0.25, 0.3) is 10.9 Å². The molecule has 2 rings (SSSR count). The smallest absolute Gasteiger partial charge is 0.218 e. The van der Waals surface area contributed by atoms with Crippen LogP contribution in [0.4, 0.5) is 5.69 Å². The van der Waals surface area contributed by atoms with Gasteiger partial charge in [0, 0.05) is 5.39 Å². The Morgan fingerprint density at radius 3 is 2.88 bits per heavy atom. The normalized spacial score (nSPS) is 10.4. The second kappa shape index (κ2) is 6.16. The van der Waals surface area contributed by atoms with Gasteiger partial charge in [0.25, 0.3) is 0 Å². The van der Waals surface area contributed by atoms with E-state index in [-0.39, 0.29) is 30.8 Å². The minimum Gasteiger partial charge on any atom is -0.368 e. The fourth-order valence-electron chi connectivity index (χ4n) is 1.16. The Morgan fingerprint density at radius 1 is 1.44 bits per heavy atom. The van der Waals surface area contributed by atoms with Gasteiger partial charge < -0.3 is 5.73 Å². The van der Waals surface area contributed by atoms with Crippen molar-refractivity contribution in [3.8, 4) is 0 Å². The van der Waals surface area contributed by atoms with Crippen LogP contribution in [0, 0.1) is 0 Å². The van der Waals surface area contributed by atoms with Crippen molar-refractivity contribution in [2.24, 2.45) is 10.7 Å². The molecule has 0 saturated carbocycles. The fourth-order valence-corrected chi connectivity index (χ4v) is 1.16. The van der Waals surface area contributed by atoms with Crippen LogP contribution in [0.15, 0.2) is 29.4 Å². The number of hydrogen-bond donors (Lipinski definition) is 4. The third kappa shape index (κ3) is 2.99. The Morgan fingerprint density at radius 2 is 2.19 bits per heavy atom. The first-order valence-electron chi connectivity index (χ1n) is 3.97. The minimum atomic E-state index is -0.0520. The molecule has 0 aliphatic heterocycles. The molecule has 0 fully saturated rings. The van der Waals surface area contributed by atoms with Gasteiger partial charge in [0.2, 0.25) is 5.96 Å². The predicted octanol–water partition coefficient (Wildman–Crippen LogP) is 1.33. The number of nitrogens with two attached hydrogens (primary N) is 1. The molecule has 0 aliphatic rings. The van der Waals surface area contributed by atoms with E-state index in [9.17, 15) is 0 Å². The highest BCUT2D eigenvalue weighted by Gasteiger charge is 1.97. The van der Waals surface area contributed by atoms with Gasteiger partial charge >= 0.3 is 0 Å². The van der Waals surface area contributed by atoms with E-state index < -0.39 is 0 Å². The number of fused-ring (bicyclic) bond motifs is 1. The molecular weight excluding hydrogens is 253 g/mol. The Hall–Kier alpha value is -1.50. The van der Waals surface area contributed by atoms with Gasteiger partial charge in [-0.05, 0) is 18.2 Å². The van der Waals surface area contributed by atoms with E-state index in [1.807, 2.05) is 6.07 Å². The summed E-state index contributed by atoms with van der Waals surface area (Å²) in [4.78, 5) is 3.89. The number of benzene rings is 1. The lowest BCUT2D eigenvalue weighted by Crippen LogP contribution is -2.27. The van der Waals surface area contributed by atoms with Crippen LogP contribution in [0.1, 0.15) is 0 Å². The lowest BCUT2D eigenvalue weighted by atomic mass is 10.2. The number of rotatable bonds is 1. The number of halogens is 2. The Labute approximate surface area is 104 Å². The van der Waals surface area contributed by atoms with Crippen molar-refractivity contribution in [1.82, 2.24) is 15.7 Å². The number of nitrogens with one attached hydrogen (secondary N) is 2. The topological polar surface area (TPSA) is 99.3 Å². The first kappa shape index (κ1) is 14.5. The SMILES string of the molecule is Cl.Cl.NC(=Nc1ccc2cn[nH]c2c1)NO. The van der Waals surface area contributed by atoms with Gasteiger partial charge in [-0.15, -0.1) is 24.8 Å². The lowest BCUT2D eigenvalue weighted by molar-refractivity contribution is 0.233. The van der Waals surface area contributed by atoms with E-state index in [4.69, 9.17) is 10.9 Å². The number of aliphatic imine (C=N–C) groups is 1. The standard InChI is InChI=1S/C8H9N5O.2ClH/c9-8(13-14)11-6-2-1-5-4-10-12-7(5)3-6;;/h1-4,14H,(H,10,12)(H3,9,11,13);2*1H. The van der Waals surface area contributed by atoms with Crippen molar-refractivity contribution >= 4 is 47.4 Å². The molecular formula is C8H11Cl2N5O. The summed E-state index contributed by atoms with van der Waals surface area (Å²) in [6.07, 6.45) is 1.72. The second-order valence-corrected chi connectivity index (χ2v) is 2.75. The molecule has 6 nitrogen and oxygen atoms in total. The minimum absolute atomic E-state index is 0. The number of aromatic amines is 1. The summed E-state index contributed by atoms with van der Waals surface area (Å²) in [5.41, 5.74) is 8.56. The maximum absolute atomic E-state index is 8.44. The van der Waals surface area contributed by atoms with Crippen molar-refractivity contribution < 1.29 is 5.21 Å². The molecule has 1 aromatic heterocycles. The molecule has 1 aromatic carbocycles. The third-order valence-corrected chi connectivity index (χ3v) is 1.79. The number of hydrogen-bond acceptors (Lipinski definition) is 3. The van der Waals surface area contributed by atoms with Crippen LogP contribution in [-0.2, 0) is 0 Å². The van der Waals surface area contributed by atoms with Crippen molar-refractivity contribution in [3.63, 3.8) is 0 Å². The molecule has 0 unspecified atom stereocenters. The molecule has 0 spiro atoms. The van der Waals surface area contributed by atoms with Gasteiger partial charge in [-0.1, -0.05) is 0 Å². The third-order valence-electron chi connectivity index (χ3n) is 1.79. The van der Waals surface area contributed by atoms with Crippen LogP contribution in [-0.4, -0.2) is 21.4 Å². The van der Waals surface area contributed by atoms with E-state index >= 15 is 0 Å². The zero-order chi connectivity index (χ0) is 9.97. The van der Waals surface area contributed by atoms with Crippen LogP contribution in [0.2, 0.25) is 0 Å². The van der Waals surface area contributed by atoms with Crippen LogP contribution in [0.3, 0.4) is 0 Å². The highest BCUT2D eigenvalue weighted by Crippen LogP contribution is 2.18. The van der Waals surface area contributed by atoms with Crippen molar-refractivity contribution in [2.75, 3.05) is 0 Å². The predicted molar refractivity (Wildman–Crippen MR) is 66.8 cm³/mol. The van der Waals surface area contributed by atoms with Gasteiger partial charge in [0.15, 0.2) is 0 Å². The molecule has 1 heterocycles. The second-order valence-electron chi connectivity index (χ2n) is 2.75. The summed E-state index contributed by atoms with van der Waals surface area (Å²) >= 11 is 0. The molecule has 8 heteroatoms. The first-order valence-corrected chi connectivity index (χ1v) is 3.97. The number of hydroxylamine groups is 1. The zero-order valence-electron chi connectivity index (χ0n) is 8.04. The Balaban J connectivity index is 0.00000112. The first-order chi connectivity index (χ1) is 6.79. The largest absolute Gasteiger partial charge is 0.368 e. The van der Waals surface area contributed by atoms with Crippen LogP contribution < -0.4 is 11.2 Å². The van der Waals surface area contributed by atoms with Gasteiger partial charge in [-0.2, -0.15) is 5.10 Å². The summed E-state index contributed by atoms with van der Waals surface area (Å²) in [6, 6.07) is 5.43. The summed E-state index contributed by atoms with van der Waals surface area (Å²) in [5.74, 6) is -0.0520. The van der Waals surface area contributed by atoms with Crippen molar-refractivity contribution in [2.45, 2.75) is 0 Å². The molecule has 0 radical (unpaired) electrons. The molecule has 0 aliphatic carbocycles. The molecule has 0 atom stereocenters. The Kier molecular flexibility index (Phi) is 5.59. The van der Waals surface area contributed by atoms with Gasteiger partial charge in [0.1, 0.15) is 0 Å². The molecule has 2 aromatic rings. The van der Waals surface area contributed by atoms with E-state index in [1.54, 1.807) is 23.8 Å². The highest BCUT2D eigenvalue weighted by molar-refractivity contribution is 5.86. The fraction of sp³-hybridized carbons (Fsp3) is 0.